The van der Waals surface area contributed by atoms with Crippen LogP contribution < -0.4 is 5.32 Å². The van der Waals surface area contributed by atoms with Gasteiger partial charge in [0.2, 0.25) is 5.91 Å². The molecule has 0 bridgehead atoms. The van der Waals surface area contributed by atoms with Crippen LogP contribution in [0.4, 0.5) is 5.69 Å². The van der Waals surface area contributed by atoms with Gasteiger partial charge in [-0.25, -0.2) is 4.79 Å². The average molecular weight is 390 g/mol. The van der Waals surface area contributed by atoms with E-state index in [1.165, 1.54) is 0 Å². The van der Waals surface area contributed by atoms with Crippen molar-refractivity contribution in [2.24, 2.45) is 0 Å². The predicted octanol–water partition coefficient (Wildman–Crippen LogP) is 3.84. The van der Waals surface area contributed by atoms with Crippen LogP contribution >= 0.6 is 15.9 Å². The molecule has 0 atom stereocenters. The second-order valence-corrected chi connectivity index (χ2v) is 5.81. The lowest BCUT2D eigenvalue weighted by atomic mass is 10.1. The molecule has 24 heavy (non-hydrogen) atoms. The van der Waals surface area contributed by atoms with Crippen molar-refractivity contribution < 1.29 is 19.1 Å². The Balaban J connectivity index is 1.94. The Bertz CT molecular complexity index is 756. The molecule has 2 aromatic rings. The first kappa shape index (κ1) is 17.9. The largest absolute Gasteiger partial charge is 0.454 e. The summed E-state index contributed by atoms with van der Waals surface area (Å²) in [5.41, 5.74) is 1.39. The number of esters is 1. The summed E-state index contributed by atoms with van der Waals surface area (Å²) in [6, 6.07) is 13.3. The van der Waals surface area contributed by atoms with Crippen LogP contribution in [0.5, 0.6) is 0 Å². The minimum Gasteiger partial charge on any atom is -0.454 e. The van der Waals surface area contributed by atoms with E-state index in [1.807, 2.05) is 0 Å². The van der Waals surface area contributed by atoms with Crippen LogP contribution in [0.2, 0.25) is 0 Å². The summed E-state index contributed by atoms with van der Waals surface area (Å²) < 4.78 is 5.66. The zero-order valence-corrected chi connectivity index (χ0v) is 14.6. The molecular weight excluding hydrogens is 374 g/mol. The zero-order valence-electron chi connectivity index (χ0n) is 13.0. The number of halogens is 1. The Morgan fingerprint density at radius 2 is 1.71 bits per heavy atom. The van der Waals surface area contributed by atoms with Gasteiger partial charge in [0, 0.05) is 22.1 Å². The van der Waals surface area contributed by atoms with E-state index in [2.05, 4.69) is 21.2 Å². The van der Waals surface area contributed by atoms with Gasteiger partial charge in [-0.2, -0.15) is 0 Å². The molecule has 2 aromatic carbocycles. The number of Topliss-reactive ketones (excluding diaryl/α,β-unsaturated/α-hetero) is 1. The summed E-state index contributed by atoms with van der Waals surface area (Å²) in [5.74, 6) is -0.983. The highest BCUT2D eigenvalue weighted by Crippen LogP contribution is 2.17. The van der Waals surface area contributed by atoms with Gasteiger partial charge in [-0.1, -0.05) is 19.1 Å². The Labute approximate surface area is 148 Å². The number of ether oxygens (including phenoxy) is 1. The van der Waals surface area contributed by atoms with Crippen molar-refractivity contribution in [2.45, 2.75) is 13.3 Å². The maximum absolute atomic E-state index is 12.1. The van der Waals surface area contributed by atoms with E-state index in [-0.39, 0.29) is 18.3 Å². The second-order valence-electron chi connectivity index (χ2n) is 4.96. The van der Waals surface area contributed by atoms with E-state index in [4.69, 9.17) is 4.74 Å². The van der Waals surface area contributed by atoms with Gasteiger partial charge in [0.25, 0.3) is 0 Å². The smallest absolute Gasteiger partial charge is 0.339 e. The first-order valence-electron chi connectivity index (χ1n) is 7.36. The molecule has 124 valence electrons. The number of rotatable bonds is 6. The van der Waals surface area contributed by atoms with E-state index in [0.29, 0.717) is 27.7 Å². The molecule has 0 aliphatic carbocycles. The number of carbonyl (C=O) groups is 3. The minimum atomic E-state index is -0.567. The molecule has 0 unspecified atom stereocenters. The van der Waals surface area contributed by atoms with Crippen LogP contribution in [0.3, 0.4) is 0 Å². The summed E-state index contributed by atoms with van der Waals surface area (Å²) in [6.45, 7) is 1.41. The lowest BCUT2D eigenvalue weighted by molar-refractivity contribution is -0.115. The van der Waals surface area contributed by atoms with Gasteiger partial charge in [-0.05, 0) is 52.3 Å². The molecule has 1 N–H and O–H groups in total. The van der Waals surface area contributed by atoms with Crippen LogP contribution in [0.1, 0.15) is 34.1 Å². The number of benzene rings is 2. The van der Waals surface area contributed by atoms with Crippen molar-refractivity contribution in [3.8, 4) is 0 Å². The number of ketones is 1. The van der Waals surface area contributed by atoms with Gasteiger partial charge in [0.15, 0.2) is 12.4 Å². The number of hydrogen-bond donors (Lipinski definition) is 1. The van der Waals surface area contributed by atoms with Gasteiger partial charge in [0.05, 0.1) is 5.56 Å². The molecule has 0 saturated heterocycles. The highest BCUT2D eigenvalue weighted by molar-refractivity contribution is 9.10. The molecule has 6 heteroatoms. The normalized spacial score (nSPS) is 10.1. The lowest BCUT2D eigenvalue weighted by Crippen LogP contribution is -2.15. The van der Waals surface area contributed by atoms with Gasteiger partial charge in [0.1, 0.15) is 0 Å². The maximum Gasteiger partial charge on any atom is 0.339 e. The van der Waals surface area contributed by atoms with Crippen molar-refractivity contribution in [2.75, 3.05) is 11.9 Å². The SMILES string of the molecule is CCC(=O)Nc1ccc(C(=O)COC(=O)c2ccccc2Br)cc1. The van der Waals surface area contributed by atoms with Crippen molar-refractivity contribution >= 4 is 39.3 Å². The Kier molecular flexibility index (Phi) is 6.26. The average Bonchev–Trinajstić information content (AvgIpc) is 2.60. The summed E-state index contributed by atoms with van der Waals surface area (Å²) in [5, 5.41) is 2.69. The minimum absolute atomic E-state index is 0.101. The molecule has 0 aliphatic heterocycles. The first-order valence-corrected chi connectivity index (χ1v) is 8.15. The highest BCUT2D eigenvalue weighted by atomic mass is 79.9. The van der Waals surface area contributed by atoms with Crippen LogP contribution in [0.25, 0.3) is 0 Å². The third-order valence-corrected chi connectivity index (χ3v) is 3.93. The zero-order chi connectivity index (χ0) is 17.5. The fourth-order valence-corrected chi connectivity index (χ4v) is 2.35. The van der Waals surface area contributed by atoms with Gasteiger partial charge >= 0.3 is 5.97 Å². The Morgan fingerprint density at radius 1 is 1.04 bits per heavy atom. The summed E-state index contributed by atoms with van der Waals surface area (Å²) in [6.07, 6.45) is 0.381. The molecule has 0 radical (unpaired) electrons. The van der Waals surface area contributed by atoms with Crippen LogP contribution in [-0.2, 0) is 9.53 Å². The molecule has 0 saturated carbocycles. The Hall–Kier alpha value is -2.47. The van der Waals surface area contributed by atoms with E-state index in [1.54, 1.807) is 55.5 Å². The fourth-order valence-electron chi connectivity index (χ4n) is 1.91. The molecule has 0 aliphatic rings. The second kappa shape index (κ2) is 8.40. The highest BCUT2D eigenvalue weighted by Gasteiger charge is 2.14. The molecule has 5 nitrogen and oxygen atoms in total. The van der Waals surface area contributed by atoms with Crippen molar-refractivity contribution in [1.29, 1.82) is 0 Å². The van der Waals surface area contributed by atoms with Crippen molar-refractivity contribution in [1.82, 2.24) is 0 Å². The van der Waals surface area contributed by atoms with Gasteiger partial charge in [-0.15, -0.1) is 0 Å². The first-order chi connectivity index (χ1) is 11.5. The lowest BCUT2D eigenvalue weighted by Gasteiger charge is -2.07. The van der Waals surface area contributed by atoms with Crippen LogP contribution in [-0.4, -0.2) is 24.3 Å². The number of hydrogen-bond acceptors (Lipinski definition) is 4. The number of carbonyl (C=O) groups excluding carboxylic acids is 3. The molecule has 0 heterocycles. The standard InChI is InChI=1S/C18H16BrNO4/c1-2-17(22)20-13-9-7-12(8-10-13)16(21)11-24-18(23)14-5-3-4-6-15(14)19/h3-10H,2,11H2,1H3,(H,20,22). The topological polar surface area (TPSA) is 72.5 Å². The quantitative estimate of drug-likeness (QED) is 0.601. The number of amides is 1. The fraction of sp³-hybridized carbons (Fsp3) is 0.167. The predicted molar refractivity (Wildman–Crippen MR) is 94.1 cm³/mol. The molecule has 1 amide bonds. The molecular formula is C18H16BrNO4. The van der Waals surface area contributed by atoms with Crippen LogP contribution in [0, 0.1) is 0 Å². The summed E-state index contributed by atoms with van der Waals surface area (Å²) >= 11 is 3.26. The molecule has 2 rings (SSSR count). The maximum atomic E-state index is 12.1. The van der Waals surface area contributed by atoms with Gasteiger partial charge < -0.3 is 10.1 Å². The van der Waals surface area contributed by atoms with E-state index < -0.39 is 5.97 Å². The van der Waals surface area contributed by atoms with E-state index in [0.717, 1.165) is 0 Å². The number of nitrogens with one attached hydrogen (secondary N) is 1. The van der Waals surface area contributed by atoms with E-state index in [9.17, 15) is 14.4 Å². The summed E-state index contributed by atoms with van der Waals surface area (Å²) in [7, 11) is 0. The molecule has 0 spiro atoms. The third kappa shape index (κ3) is 4.76. The third-order valence-electron chi connectivity index (χ3n) is 3.24. The van der Waals surface area contributed by atoms with Gasteiger partial charge in [-0.3, -0.25) is 9.59 Å². The van der Waals surface area contributed by atoms with Crippen molar-refractivity contribution in [3.63, 3.8) is 0 Å². The number of anilines is 1. The van der Waals surface area contributed by atoms with E-state index >= 15 is 0 Å². The van der Waals surface area contributed by atoms with Crippen LogP contribution in [0.15, 0.2) is 53.0 Å². The monoisotopic (exact) mass is 389 g/mol. The van der Waals surface area contributed by atoms with Crippen molar-refractivity contribution in [3.05, 3.63) is 64.1 Å². The molecule has 0 fully saturated rings. The molecule has 0 aromatic heterocycles. The Morgan fingerprint density at radius 3 is 2.33 bits per heavy atom. The summed E-state index contributed by atoms with van der Waals surface area (Å²) in [4.78, 5) is 35.3.